The molecule has 0 aliphatic heterocycles. The van der Waals surface area contributed by atoms with Crippen LogP contribution in [0.2, 0.25) is 0 Å². The molecular weight excluding hydrogens is 216 g/mol. The van der Waals surface area contributed by atoms with E-state index in [0.717, 1.165) is 24.9 Å². The van der Waals surface area contributed by atoms with Crippen molar-refractivity contribution in [2.24, 2.45) is 0 Å². The molecule has 2 aliphatic carbocycles. The number of nitrogens with one attached hydrogen (secondary N) is 1. The average Bonchev–Trinajstić information content (AvgIpc) is 3.16. The predicted octanol–water partition coefficient (Wildman–Crippen LogP) is 3.23. The molecule has 1 aromatic heterocycles. The molecule has 0 amide bonds. The maximum Gasteiger partial charge on any atom is 0.0962 e. The Bertz CT molecular complexity index is 364. The third-order valence-corrected chi connectivity index (χ3v) is 4.60. The Morgan fingerprint density at radius 1 is 1.31 bits per heavy atom. The second-order valence-electron chi connectivity index (χ2n) is 5.10. The summed E-state index contributed by atoms with van der Waals surface area (Å²) in [7, 11) is 0. The van der Waals surface area contributed by atoms with Crippen LogP contribution < -0.4 is 5.32 Å². The SMILES string of the molecule is CCCc1nc(C2CC2)sc1CNC1CC1. The summed E-state index contributed by atoms with van der Waals surface area (Å²) in [5, 5.41) is 5.03. The van der Waals surface area contributed by atoms with E-state index in [1.165, 1.54) is 47.7 Å². The van der Waals surface area contributed by atoms with Gasteiger partial charge in [0.2, 0.25) is 0 Å². The largest absolute Gasteiger partial charge is 0.309 e. The molecule has 0 spiro atoms. The first-order valence-electron chi connectivity index (χ1n) is 6.58. The van der Waals surface area contributed by atoms with E-state index in [-0.39, 0.29) is 0 Å². The number of thiazole rings is 1. The summed E-state index contributed by atoms with van der Waals surface area (Å²) in [5.41, 5.74) is 1.38. The van der Waals surface area contributed by atoms with Crippen molar-refractivity contribution in [2.45, 2.75) is 64.0 Å². The number of rotatable bonds is 6. The molecule has 2 nitrogen and oxygen atoms in total. The highest BCUT2D eigenvalue weighted by Crippen LogP contribution is 2.42. The minimum atomic E-state index is 0.806. The number of nitrogens with zero attached hydrogens (tertiary/aromatic N) is 1. The lowest BCUT2D eigenvalue weighted by molar-refractivity contribution is 0.686. The molecule has 2 aliphatic rings. The Morgan fingerprint density at radius 3 is 2.75 bits per heavy atom. The van der Waals surface area contributed by atoms with Crippen LogP contribution in [-0.4, -0.2) is 11.0 Å². The summed E-state index contributed by atoms with van der Waals surface area (Å²) < 4.78 is 0. The van der Waals surface area contributed by atoms with Gasteiger partial charge >= 0.3 is 0 Å². The fourth-order valence-electron chi connectivity index (χ4n) is 2.00. The van der Waals surface area contributed by atoms with Crippen LogP contribution in [0.25, 0.3) is 0 Å². The lowest BCUT2D eigenvalue weighted by Gasteiger charge is -2.01. The fraction of sp³-hybridized carbons (Fsp3) is 0.769. The minimum Gasteiger partial charge on any atom is -0.309 e. The molecule has 0 bridgehead atoms. The van der Waals surface area contributed by atoms with E-state index in [2.05, 4.69) is 12.2 Å². The van der Waals surface area contributed by atoms with Crippen LogP contribution in [0.3, 0.4) is 0 Å². The quantitative estimate of drug-likeness (QED) is 0.820. The Labute approximate surface area is 101 Å². The van der Waals surface area contributed by atoms with Gasteiger partial charge in [0, 0.05) is 23.4 Å². The zero-order valence-corrected chi connectivity index (χ0v) is 10.8. The smallest absolute Gasteiger partial charge is 0.0962 e. The van der Waals surface area contributed by atoms with Gasteiger partial charge in [-0.3, -0.25) is 0 Å². The fourth-order valence-corrected chi connectivity index (χ4v) is 3.23. The highest BCUT2D eigenvalue weighted by atomic mass is 32.1. The zero-order chi connectivity index (χ0) is 11.0. The predicted molar refractivity (Wildman–Crippen MR) is 67.9 cm³/mol. The number of hydrogen-bond donors (Lipinski definition) is 1. The lowest BCUT2D eigenvalue weighted by atomic mass is 10.2. The monoisotopic (exact) mass is 236 g/mol. The van der Waals surface area contributed by atoms with Crippen molar-refractivity contribution in [2.75, 3.05) is 0 Å². The van der Waals surface area contributed by atoms with Crippen LogP contribution >= 0.6 is 11.3 Å². The second-order valence-corrected chi connectivity index (χ2v) is 6.22. The van der Waals surface area contributed by atoms with Crippen LogP contribution in [0, 0.1) is 0 Å². The number of aromatic nitrogens is 1. The normalized spacial score (nSPS) is 20.3. The Hall–Kier alpha value is -0.410. The summed E-state index contributed by atoms with van der Waals surface area (Å²) in [5.74, 6) is 0.815. The van der Waals surface area contributed by atoms with Gasteiger partial charge < -0.3 is 5.32 Å². The van der Waals surface area contributed by atoms with Gasteiger partial charge in [0.15, 0.2) is 0 Å². The molecule has 1 aromatic rings. The van der Waals surface area contributed by atoms with E-state index in [1.54, 1.807) is 0 Å². The van der Waals surface area contributed by atoms with Crippen molar-refractivity contribution in [1.82, 2.24) is 10.3 Å². The van der Waals surface area contributed by atoms with Crippen molar-refractivity contribution in [1.29, 1.82) is 0 Å². The van der Waals surface area contributed by atoms with Crippen molar-refractivity contribution < 1.29 is 0 Å². The molecule has 0 aromatic carbocycles. The summed E-state index contributed by atoms with van der Waals surface area (Å²) in [4.78, 5) is 6.35. The third-order valence-electron chi connectivity index (χ3n) is 3.34. The highest BCUT2D eigenvalue weighted by Gasteiger charge is 2.28. The summed E-state index contributed by atoms with van der Waals surface area (Å²) in [6.07, 6.45) is 7.85. The van der Waals surface area contributed by atoms with Crippen LogP contribution in [0.5, 0.6) is 0 Å². The number of aryl methyl sites for hydroxylation is 1. The standard InChI is InChI=1S/C13H20N2S/c1-2-3-11-12(8-14-10-6-7-10)16-13(15-11)9-4-5-9/h9-10,14H,2-8H2,1H3. The molecule has 88 valence electrons. The van der Waals surface area contributed by atoms with Crippen molar-refractivity contribution >= 4 is 11.3 Å². The Balaban J connectivity index is 1.70. The van der Waals surface area contributed by atoms with E-state index in [9.17, 15) is 0 Å². The number of hydrogen-bond acceptors (Lipinski definition) is 3. The maximum absolute atomic E-state index is 4.84. The lowest BCUT2D eigenvalue weighted by Crippen LogP contribution is -2.15. The molecule has 16 heavy (non-hydrogen) atoms. The van der Waals surface area contributed by atoms with Gasteiger partial charge in [-0.1, -0.05) is 13.3 Å². The van der Waals surface area contributed by atoms with Crippen LogP contribution in [0.1, 0.15) is 60.5 Å². The maximum atomic E-state index is 4.84. The zero-order valence-electron chi connectivity index (χ0n) is 9.96. The molecule has 3 rings (SSSR count). The molecule has 2 fully saturated rings. The van der Waals surface area contributed by atoms with Crippen molar-refractivity contribution in [3.63, 3.8) is 0 Å². The van der Waals surface area contributed by atoms with E-state index < -0.39 is 0 Å². The molecule has 0 radical (unpaired) electrons. The van der Waals surface area contributed by atoms with E-state index in [1.807, 2.05) is 11.3 Å². The van der Waals surface area contributed by atoms with E-state index >= 15 is 0 Å². The Kier molecular flexibility index (Phi) is 2.99. The van der Waals surface area contributed by atoms with Gasteiger partial charge in [0.25, 0.3) is 0 Å². The molecule has 3 heteroatoms. The van der Waals surface area contributed by atoms with Gasteiger partial charge in [-0.15, -0.1) is 11.3 Å². The molecule has 0 atom stereocenters. The second kappa shape index (κ2) is 4.46. The van der Waals surface area contributed by atoms with Crippen molar-refractivity contribution in [3.8, 4) is 0 Å². The molecule has 1 N–H and O–H groups in total. The topological polar surface area (TPSA) is 24.9 Å². The summed E-state index contributed by atoms with van der Waals surface area (Å²) >= 11 is 1.97. The van der Waals surface area contributed by atoms with Gasteiger partial charge in [-0.2, -0.15) is 0 Å². The van der Waals surface area contributed by atoms with Crippen LogP contribution in [-0.2, 0) is 13.0 Å². The van der Waals surface area contributed by atoms with Gasteiger partial charge in [-0.05, 0) is 32.1 Å². The summed E-state index contributed by atoms with van der Waals surface area (Å²) in [6.45, 7) is 3.30. The van der Waals surface area contributed by atoms with Crippen LogP contribution in [0.4, 0.5) is 0 Å². The third kappa shape index (κ3) is 2.46. The van der Waals surface area contributed by atoms with E-state index in [0.29, 0.717) is 0 Å². The molecule has 0 saturated heterocycles. The first-order chi connectivity index (χ1) is 7.86. The van der Waals surface area contributed by atoms with Gasteiger partial charge in [-0.25, -0.2) is 4.98 Å². The van der Waals surface area contributed by atoms with Crippen LogP contribution in [0.15, 0.2) is 0 Å². The highest BCUT2D eigenvalue weighted by molar-refractivity contribution is 7.11. The average molecular weight is 236 g/mol. The molecular formula is C13H20N2S. The molecule has 0 unspecified atom stereocenters. The van der Waals surface area contributed by atoms with Gasteiger partial charge in [0.05, 0.1) is 10.7 Å². The Morgan fingerprint density at radius 2 is 2.12 bits per heavy atom. The van der Waals surface area contributed by atoms with Gasteiger partial charge in [0.1, 0.15) is 0 Å². The first kappa shape index (κ1) is 10.7. The summed E-state index contributed by atoms with van der Waals surface area (Å²) in [6, 6.07) is 0.806. The van der Waals surface area contributed by atoms with E-state index in [4.69, 9.17) is 4.98 Å². The van der Waals surface area contributed by atoms with Crippen molar-refractivity contribution in [3.05, 3.63) is 15.6 Å². The minimum absolute atomic E-state index is 0.806. The molecule has 2 saturated carbocycles. The first-order valence-corrected chi connectivity index (χ1v) is 7.40. The molecule has 1 heterocycles.